The number of alkyl halides is 2. The van der Waals surface area contributed by atoms with E-state index in [4.69, 9.17) is 19.2 Å². The molecule has 0 saturated carbocycles. The average molecular weight is 837 g/mol. The summed E-state index contributed by atoms with van der Waals surface area (Å²) in [7, 11) is 3.23. The molecule has 13 nitrogen and oxygen atoms in total. The van der Waals surface area contributed by atoms with Gasteiger partial charge in [0.1, 0.15) is 35.3 Å². The van der Waals surface area contributed by atoms with E-state index in [-0.39, 0.29) is 24.3 Å². The number of nitrogens with one attached hydrogen (secondary N) is 2. The van der Waals surface area contributed by atoms with Crippen molar-refractivity contribution in [3.05, 3.63) is 113 Å². The third-order valence-corrected chi connectivity index (χ3v) is 10.2. The lowest BCUT2D eigenvalue weighted by atomic mass is 9.96. The molecule has 0 fully saturated rings. The highest BCUT2D eigenvalue weighted by Gasteiger charge is 2.26. The van der Waals surface area contributed by atoms with Gasteiger partial charge in [0.15, 0.2) is 11.6 Å². The van der Waals surface area contributed by atoms with Crippen molar-refractivity contribution in [3.8, 4) is 22.6 Å². The first-order valence-corrected chi connectivity index (χ1v) is 19.7. The fraction of sp³-hybridized carbons (Fsp3) is 0.311. The van der Waals surface area contributed by atoms with Gasteiger partial charge in [0, 0.05) is 61.2 Å². The van der Waals surface area contributed by atoms with Gasteiger partial charge in [-0.05, 0) is 97.8 Å². The molecule has 6 aromatic rings. The van der Waals surface area contributed by atoms with Gasteiger partial charge in [-0.1, -0.05) is 24.3 Å². The molecule has 3 aromatic carbocycles. The molecule has 1 aliphatic rings. The number of nitrogens with zero attached hydrogens (tertiary/aromatic N) is 6. The molecule has 2 amide bonds. The number of pyridine rings is 2. The van der Waals surface area contributed by atoms with E-state index < -0.39 is 36.4 Å². The largest absolute Gasteiger partial charge is 0.497 e. The Morgan fingerprint density at radius 1 is 0.902 bits per heavy atom. The Labute approximate surface area is 351 Å². The van der Waals surface area contributed by atoms with Crippen LogP contribution in [0.25, 0.3) is 21.9 Å². The Kier molecular flexibility index (Phi) is 12.3. The second kappa shape index (κ2) is 17.8. The number of carbonyl (C=O) groups is 2. The summed E-state index contributed by atoms with van der Waals surface area (Å²) < 4.78 is 61.0. The lowest BCUT2D eigenvalue weighted by molar-refractivity contribution is -0.133. The van der Waals surface area contributed by atoms with Crippen LogP contribution in [0.2, 0.25) is 0 Å². The number of benzene rings is 3. The van der Waals surface area contributed by atoms with Gasteiger partial charge < -0.3 is 29.3 Å². The minimum atomic E-state index is -2.63. The summed E-state index contributed by atoms with van der Waals surface area (Å²) in [4.78, 5) is 38.5. The maximum absolute atomic E-state index is 17.1. The van der Waals surface area contributed by atoms with E-state index in [0.717, 1.165) is 27.5 Å². The molecule has 16 heteroatoms. The van der Waals surface area contributed by atoms with Crippen LogP contribution in [0.1, 0.15) is 43.2 Å². The van der Waals surface area contributed by atoms with E-state index >= 15 is 4.39 Å². The second-order valence-corrected chi connectivity index (χ2v) is 15.7. The molecule has 0 unspecified atom stereocenters. The average Bonchev–Trinajstić information content (AvgIpc) is 3.53. The summed E-state index contributed by atoms with van der Waals surface area (Å²) in [5.41, 5.74) is 3.16. The second-order valence-electron chi connectivity index (χ2n) is 15.7. The van der Waals surface area contributed by atoms with E-state index in [0.29, 0.717) is 64.6 Å². The molecule has 0 atom stereocenters. The minimum absolute atomic E-state index is 0.118. The molecule has 0 bridgehead atoms. The van der Waals surface area contributed by atoms with Crippen molar-refractivity contribution in [2.24, 2.45) is 0 Å². The monoisotopic (exact) mass is 836 g/mol. The summed E-state index contributed by atoms with van der Waals surface area (Å²) in [5.74, 6) is 1.68. The van der Waals surface area contributed by atoms with E-state index in [9.17, 15) is 18.4 Å². The highest BCUT2D eigenvalue weighted by molar-refractivity contribution is 6.04. The third kappa shape index (κ3) is 9.97. The Hall–Kier alpha value is -6.84. The standard InChI is InChI=1S/C45H47F3N8O5/c1-27-34(15-17-49-43(27)55(23-28-7-11-32(59-5)12-8-28)24-29-9-13-33(60-6)14-10-29)35-19-30-20-38(50-22-36(30)42(41(35)48)52-44(58)61-45(2,3)4)51-39-21-31-16-18-54(25-37(46)47)40(57)26-56(31)53-39/h7-15,17,19-22,37H,16,18,23-26H2,1-6H3,(H,52,58)(H,50,51,53). The smallest absolute Gasteiger partial charge is 0.412 e. The molecule has 0 spiro atoms. The molecule has 4 heterocycles. The van der Waals surface area contributed by atoms with Crippen molar-refractivity contribution in [2.45, 2.75) is 65.8 Å². The number of halogens is 3. The summed E-state index contributed by atoms with van der Waals surface area (Å²) in [6, 6.07) is 22.4. The molecule has 318 valence electrons. The topological polar surface area (TPSA) is 136 Å². The lowest BCUT2D eigenvalue weighted by Crippen LogP contribution is -2.36. The predicted octanol–water partition coefficient (Wildman–Crippen LogP) is 8.91. The zero-order chi connectivity index (χ0) is 43.4. The molecule has 61 heavy (non-hydrogen) atoms. The predicted molar refractivity (Wildman–Crippen MR) is 227 cm³/mol. The molecular weight excluding hydrogens is 790 g/mol. The van der Waals surface area contributed by atoms with Crippen LogP contribution >= 0.6 is 0 Å². The van der Waals surface area contributed by atoms with Gasteiger partial charge in [0.05, 0.1) is 26.5 Å². The Bertz CT molecular complexity index is 2490. The normalized spacial score (nSPS) is 12.9. The highest BCUT2D eigenvalue weighted by Crippen LogP contribution is 2.39. The van der Waals surface area contributed by atoms with Gasteiger partial charge in [-0.3, -0.25) is 14.8 Å². The van der Waals surface area contributed by atoms with Crippen LogP contribution in [-0.4, -0.2) is 76.0 Å². The molecule has 1 aliphatic heterocycles. The molecule has 0 saturated heterocycles. The molecule has 2 N–H and O–H groups in total. The number of aromatic nitrogens is 4. The maximum atomic E-state index is 17.1. The van der Waals surface area contributed by atoms with Crippen molar-refractivity contribution >= 4 is 45.9 Å². The minimum Gasteiger partial charge on any atom is -0.497 e. The summed E-state index contributed by atoms with van der Waals surface area (Å²) in [5, 5.41) is 11.2. The van der Waals surface area contributed by atoms with Gasteiger partial charge in [0.2, 0.25) is 5.91 Å². The Balaban J connectivity index is 1.27. The number of methoxy groups -OCH3 is 2. The van der Waals surface area contributed by atoms with Gasteiger partial charge >= 0.3 is 6.09 Å². The Morgan fingerprint density at radius 3 is 2.16 bits per heavy atom. The fourth-order valence-corrected chi connectivity index (χ4v) is 7.25. The number of anilines is 4. The quantitative estimate of drug-likeness (QED) is 0.116. The van der Waals surface area contributed by atoms with Gasteiger partial charge in [0.25, 0.3) is 6.43 Å². The fourth-order valence-electron chi connectivity index (χ4n) is 7.25. The van der Waals surface area contributed by atoms with Crippen LogP contribution in [0.15, 0.2) is 85.2 Å². The van der Waals surface area contributed by atoms with Crippen molar-refractivity contribution in [1.29, 1.82) is 0 Å². The summed E-state index contributed by atoms with van der Waals surface area (Å²) >= 11 is 0. The SMILES string of the molecule is COc1ccc(CN(Cc2ccc(OC)cc2)c2nccc(-c3cc4cc(Nc5cc6n(n5)CC(=O)N(CC(F)F)CC6)ncc4c(NC(=O)OC(C)(C)C)c3F)c2C)cc1. The highest BCUT2D eigenvalue weighted by atomic mass is 19.3. The van der Waals surface area contributed by atoms with Crippen LogP contribution < -0.4 is 25.0 Å². The zero-order valence-electron chi connectivity index (χ0n) is 34.8. The first kappa shape index (κ1) is 42.3. The van der Waals surface area contributed by atoms with Crippen LogP contribution in [0.3, 0.4) is 0 Å². The number of hydrogen-bond donors (Lipinski definition) is 2. The van der Waals surface area contributed by atoms with Crippen LogP contribution in [0.5, 0.6) is 11.5 Å². The van der Waals surface area contributed by atoms with Crippen LogP contribution in [0, 0.1) is 12.7 Å². The first-order chi connectivity index (χ1) is 29.2. The molecule has 0 aliphatic carbocycles. The third-order valence-electron chi connectivity index (χ3n) is 10.2. The molecular formula is C45H47F3N8O5. The van der Waals surface area contributed by atoms with E-state index in [1.165, 1.54) is 10.9 Å². The number of fused-ring (bicyclic) bond motifs is 2. The van der Waals surface area contributed by atoms with Crippen LogP contribution in [-0.2, 0) is 35.6 Å². The number of carbonyl (C=O) groups excluding carboxylic acids is 2. The van der Waals surface area contributed by atoms with Crippen molar-refractivity contribution in [3.63, 3.8) is 0 Å². The first-order valence-electron chi connectivity index (χ1n) is 19.7. The number of ether oxygens (including phenoxy) is 3. The number of hydrogen-bond acceptors (Lipinski definition) is 10. The van der Waals surface area contributed by atoms with Crippen molar-refractivity contribution in [2.75, 3.05) is 42.8 Å². The summed E-state index contributed by atoms with van der Waals surface area (Å²) in [6.07, 6.45) is -0.0533. The van der Waals surface area contributed by atoms with E-state index in [1.807, 2.05) is 55.5 Å². The zero-order valence-corrected chi connectivity index (χ0v) is 34.8. The van der Waals surface area contributed by atoms with Crippen molar-refractivity contribution in [1.82, 2.24) is 24.6 Å². The number of amides is 2. The maximum Gasteiger partial charge on any atom is 0.412 e. The van der Waals surface area contributed by atoms with Gasteiger partial charge in [-0.25, -0.2) is 27.9 Å². The van der Waals surface area contributed by atoms with Gasteiger partial charge in [-0.2, -0.15) is 5.10 Å². The van der Waals surface area contributed by atoms with Gasteiger partial charge in [-0.15, -0.1) is 0 Å². The Morgan fingerprint density at radius 2 is 1.56 bits per heavy atom. The number of rotatable bonds is 13. The van der Waals surface area contributed by atoms with Crippen molar-refractivity contribution < 1.29 is 37.0 Å². The molecule has 7 rings (SSSR count). The van der Waals surface area contributed by atoms with E-state index in [2.05, 4.69) is 25.6 Å². The van der Waals surface area contributed by atoms with E-state index in [1.54, 1.807) is 65.5 Å². The lowest BCUT2D eigenvalue weighted by Gasteiger charge is -2.27. The molecule has 0 radical (unpaired) electrons. The van der Waals surface area contributed by atoms with Crippen LogP contribution in [0.4, 0.5) is 41.1 Å². The molecule has 3 aromatic heterocycles. The summed E-state index contributed by atoms with van der Waals surface area (Å²) in [6.45, 7) is 7.31.